The van der Waals surface area contributed by atoms with Gasteiger partial charge in [0.1, 0.15) is 8.07 Å². The monoisotopic (exact) mass is 382 g/mol. The van der Waals surface area contributed by atoms with Gasteiger partial charge in [-0.15, -0.1) is 0 Å². The minimum absolute atomic E-state index is 0.400. The van der Waals surface area contributed by atoms with Crippen LogP contribution in [0.3, 0.4) is 0 Å². The summed E-state index contributed by atoms with van der Waals surface area (Å²) in [7, 11) is -1.87. The number of hydrogen-bond donors (Lipinski definition) is 0. The van der Waals surface area contributed by atoms with Crippen LogP contribution < -0.4 is 0 Å². The molecule has 0 atom stereocenters. The molecule has 0 aromatic heterocycles. The molecular weight excluding hydrogens is 352 g/mol. The molecule has 1 saturated heterocycles. The van der Waals surface area contributed by atoms with Gasteiger partial charge in [0.15, 0.2) is 0 Å². The van der Waals surface area contributed by atoms with Crippen LogP contribution in [0, 0.1) is 0 Å². The van der Waals surface area contributed by atoms with E-state index in [2.05, 4.69) is 107 Å². The van der Waals surface area contributed by atoms with E-state index in [9.17, 15) is 0 Å². The molecule has 142 valence electrons. The maximum Gasteiger partial charge on any atom is 0.104 e. The molecule has 2 aliphatic carbocycles. The molecule has 0 radical (unpaired) electrons. The van der Waals surface area contributed by atoms with E-state index < -0.39 is 8.07 Å². The first-order valence-electron chi connectivity index (χ1n) is 10.6. The SMILES string of the molecule is CC1(C)CC(C)(C)[Si]1(C1=C(c2ccccc2)c2ccccc2C1)C1C=CC=C1. The van der Waals surface area contributed by atoms with Crippen molar-refractivity contribution in [3.63, 3.8) is 0 Å². The fraction of sp³-hybridized carbons (Fsp3) is 0.333. The number of rotatable bonds is 3. The van der Waals surface area contributed by atoms with Crippen LogP contribution in [0.15, 0.2) is 84.1 Å². The summed E-state index contributed by atoms with van der Waals surface area (Å²) in [6.45, 7) is 10.2. The fourth-order valence-electron chi connectivity index (χ4n) is 7.46. The molecule has 1 aliphatic heterocycles. The van der Waals surface area contributed by atoms with Gasteiger partial charge in [-0.05, 0) is 50.7 Å². The molecule has 0 bridgehead atoms. The van der Waals surface area contributed by atoms with E-state index in [1.54, 1.807) is 10.8 Å². The van der Waals surface area contributed by atoms with E-state index in [0.717, 1.165) is 6.42 Å². The zero-order chi connectivity index (χ0) is 19.6. The summed E-state index contributed by atoms with van der Waals surface area (Å²) in [4.78, 5) is 0. The quantitative estimate of drug-likeness (QED) is 0.482. The topological polar surface area (TPSA) is 0 Å². The Morgan fingerprint density at radius 3 is 2.04 bits per heavy atom. The molecule has 0 spiro atoms. The fourth-order valence-corrected chi connectivity index (χ4v) is 16.2. The van der Waals surface area contributed by atoms with E-state index in [1.807, 2.05) is 0 Å². The molecule has 1 heterocycles. The molecular formula is C27H30Si. The van der Waals surface area contributed by atoms with Crippen LogP contribution >= 0.6 is 0 Å². The molecule has 1 fully saturated rings. The summed E-state index contributed by atoms with van der Waals surface area (Å²) in [5, 5.41) is 2.59. The molecule has 28 heavy (non-hydrogen) atoms. The van der Waals surface area contributed by atoms with Gasteiger partial charge in [0.05, 0.1) is 0 Å². The average Bonchev–Trinajstić information content (AvgIpc) is 3.29. The van der Waals surface area contributed by atoms with Crippen molar-refractivity contribution in [2.24, 2.45) is 0 Å². The third kappa shape index (κ3) is 2.17. The number of hydrogen-bond acceptors (Lipinski definition) is 0. The third-order valence-electron chi connectivity index (χ3n) is 7.76. The van der Waals surface area contributed by atoms with E-state index in [-0.39, 0.29) is 0 Å². The van der Waals surface area contributed by atoms with E-state index in [0.29, 0.717) is 15.6 Å². The Labute approximate surface area is 170 Å². The van der Waals surface area contributed by atoms with E-state index >= 15 is 0 Å². The van der Waals surface area contributed by atoms with Gasteiger partial charge in [0.25, 0.3) is 0 Å². The van der Waals surface area contributed by atoms with Crippen molar-refractivity contribution in [2.45, 2.75) is 56.2 Å². The smallest absolute Gasteiger partial charge is 0.0799 e. The second-order valence-electron chi connectivity index (χ2n) is 10.1. The lowest BCUT2D eigenvalue weighted by Gasteiger charge is -2.69. The summed E-state index contributed by atoms with van der Waals surface area (Å²) in [5.74, 6) is 0. The van der Waals surface area contributed by atoms with Gasteiger partial charge >= 0.3 is 0 Å². The molecule has 5 rings (SSSR count). The minimum Gasteiger partial charge on any atom is -0.0799 e. The highest BCUT2D eigenvalue weighted by molar-refractivity contribution is 6.97. The molecule has 2 aromatic carbocycles. The van der Waals surface area contributed by atoms with Crippen molar-refractivity contribution in [1.82, 2.24) is 0 Å². The Kier molecular flexibility index (Phi) is 3.80. The number of fused-ring (bicyclic) bond motifs is 1. The Bertz CT molecular complexity index is 991. The minimum atomic E-state index is -1.87. The lowest BCUT2D eigenvalue weighted by molar-refractivity contribution is 0.367. The second-order valence-corrected chi connectivity index (χ2v) is 15.7. The highest BCUT2D eigenvalue weighted by Gasteiger charge is 2.71. The van der Waals surface area contributed by atoms with Gasteiger partial charge in [0.2, 0.25) is 0 Å². The van der Waals surface area contributed by atoms with Crippen LogP contribution in [0.25, 0.3) is 5.57 Å². The zero-order valence-electron chi connectivity index (χ0n) is 17.5. The lowest BCUT2D eigenvalue weighted by Crippen LogP contribution is -2.67. The van der Waals surface area contributed by atoms with Crippen LogP contribution in [0.4, 0.5) is 0 Å². The predicted octanol–water partition coefficient (Wildman–Crippen LogP) is 7.49. The van der Waals surface area contributed by atoms with Gasteiger partial charge in [0, 0.05) is 0 Å². The molecule has 0 amide bonds. The Morgan fingerprint density at radius 2 is 1.39 bits per heavy atom. The van der Waals surface area contributed by atoms with Gasteiger partial charge < -0.3 is 0 Å². The lowest BCUT2D eigenvalue weighted by atomic mass is 9.95. The highest BCUT2D eigenvalue weighted by atomic mass is 28.3. The molecule has 1 heteroatoms. The van der Waals surface area contributed by atoms with Crippen molar-refractivity contribution in [1.29, 1.82) is 0 Å². The molecule has 0 nitrogen and oxygen atoms in total. The Morgan fingerprint density at radius 1 is 0.786 bits per heavy atom. The van der Waals surface area contributed by atoms with Crippen LogP contribution in [-0.2, 0) is 6.42 Å². The van der Waals surface area contributed by atoms with Crippen LogP contribution in [0.5, 0.6) is 0 Å². The maximum absolute atomic E-state index is 2.56. The highest BCUT2D eigenvalue weighted by Crippen LogP contribution is 2.77. The number of allylic oxidation sites excluding steroid dienone is 5. The molecule has 0 unspecified atom stereocenters. The summed E-state index contributed by atoms with van der Waals surface area (Å²) < 4.78 is 0. The Balaban J connectivity index is 1.84. The molecule has 0 N–H and O–H groups in total. The normalized spacial score (nSPS) is 23.7. The molecule has 0 saturated carbocycles. The van der Waals surface area contributed by atoms with Gasteiger partial charge in [-0.3, -0.25) is 0 Å². The largest absolute Gasteiger partial charge is 0.104 e. The zero-order valence-corrected chi connectivity index (χ0v) is 18.5. The standard InChI is InChI=1S/C27H30Si/c1-26(2)19-27(3,4)28(26,22-15-9-10-16-22)24-18-21-14-8-11-17-23(21)25(24)20-12-6-5-7-13-20/h5-17,22H,18-19H2,1-4H3. The van der Waals surface area contributed by atoms with Crippen LogP contribution in [0.1, 0.15) is 50.8 Å². The summed E-state index contributed by atoms with van der Waals surface area (Å²) in [5.41, 5.74) is 6.55. The summed E-state index contributed by atoms with van der Waals surface area (Å²) >= 11 is 0. The third-order valence-corrected chi connectivity index (χ3v) is 15.1. The van der Waals surface area contributed by atoms with Crippen LogP contribution in [-0.4, -0.2) is 8.07 Å². The van der Waals surface area contributed by atoms with E-state index in [4.69, 9.17) is 0 Å². The predicted molar refractivity (Wildman–Crippen MR) is 123 cm³/mol. The average molecular weight is 383 g/mol. The van der Waals surface area contributed by atoms with Crippen molar-refractivity contribution >= 4 is 13.6 Å². The number of benzene rings is 2. The Hall–Kier alpha value is -2.12. The van der Waals surface area contributed by atoms with Crippen molar-refractivity contribution in [3.8, 4) is 0 Å². The van der Waals surface area contributed by atoms with Gasteiger partial charge in [-0.1, -0.05) is 112 Å². The van der Waals surface area contributed by atoms with Crippen molar-refractivity contribution in [3.05, 3.63) is 101 Å². The maximum atomic E-state index is 2.56. The van der Waals surface area contributed by atoms with Crippen LogP contribution in [0.2, 0.25) is 15.6 Å². The van der Waals surface area contributed by atoms with Gasteiger partial charge in [-0.2, -0.15) is 0 Å². The van der Waals surface area contributed by atoms with Gasteiger partial charge in [-0.25, -0.2) is 0 Å². The first-order chi connectivity index (χ1) is 13.4. The first-order valence-corrected chi connectivity index (χ1v) is 12.7. The van der Waals surface area contributed by atoms with Crippen molar-refractivity contribution < 1.29 is 0 Å². The molecule has 3 aliphatic rings. The summed E-state index contributed by atoms with van der Waals surface area (Å²) in [6, 6.07) is 20.3. The second kappa shape index (κ2) is 5.94. The van der Waals surface area contributed by atoms with Crippen molar-refractivity contribution in [2.75, 3.05) is 0 Å². The molecule has 2 aromatic rings. The van der Waals surface area contributed by atoms with E-state index in [1.165, 1.54) is 23.1 Å². The summed E-state index contributed by atoms with van der Waals surface area (Å²) in [6.07, 6.45) is 12.1. The first kappa shape index (κ1) is 17.9.